The quantitative estimate of drug-likeness (QED) is 0.758. The summed E-state index contributed by atoms with van der Waals surface area (Å²) >= 11 is 9.87. The van der Waals surface area contributed by atoms with Gasteiger partial charge in [0, 0.05) is 6.42 Å². The van der Waals surface area contributed by atoms with Crippen LogP contribution in [0.15, 0.2) is 18.2 Å². The Kier molecular flexibility index (Phi) is 3.62. The molecule has 1 aromatic rings. The fraction of sp³-hybridized carbons (Fsp3) is 0.222. The number of hydrogen-bond acceptors (Lipinski definition) is 1. The summed E-state index contributed by atoms with van der Waals surface area (Å²) in [7, 11) is 0. The van der Waals surface area contributed by atoms with E-state index < -0.39 is 23.4 Å². The molecule has 0 heterocycles. The van der Waals surface area contributed by atoms with Crippen molar-refractivity contribution < 1.29 is 18.0 Å². The normalized spacial score (nSPS) is 11.5. The summed E-state index contributed by atoms with van der Waals surface area (Å²) in [6, 6.07) is 3.39. The molecular formula is C9H5Cl2F3O. The maximum atomic E-state index is 12.9. The summed E-state index contributed by atoms with van der Waals surface area (Å²) in [4.78, 5) is 10.8. The van der Waals surface area contributed by atoms with Crippen LogP contribution in [0.3, 0.4) is 0 Å². The minimum Gasteiger partial charge on any atom is -0.291 e. The summed E-state index contributed by atoms with van der Waals surface area (Å²) in [5.41, 5.74) is 0.0993. The van der Waals surface area contributed by atoms with Gasteiger partial charge in [-0.15, -0.1) is 0 Å². The minimum absolute atomic E-state index is 0.0993. The monoisotopic (exact) mass is 256 g/mol. The maximum absolute atomic E-state index is 12.9. The Balaban J connectivity index is 2.83. The molecule has 0 atom stereocenters. The van der Waals surface area contributed by atoms with Crippen LogP contribution in [0, 0.1) is 5.82 Å². The summed E-state index contributed by atoms with van der Waals surface area (Å²) in [5, 5.41) is -4.06. The zero-order chi connectivity index (χ0) is 11.6. The standard InChI is InChI=1S/C9H5Cl2F3O/c10-6-2-1-5(3-7(6)12)4-8(15)9(11,13)14/h1-3H,4H2. The molecule has 0 aromatic heterocycles. The Morgan fingerprint density at radius 3 is 2.47 bits per heavy atom. The van der Waals surface area contributed by atoms with Crippen molar-refractivity contribution in [1.82, 2.24) is 0 Å². The number of alkyl halides is 3. The van der Waals surface area contributed by atoms with Crippen LogP contribution in [0.4, 0.5) is 13.2 Å². The van der Waals surface area contributed by atoms with Crippen LogP contribution in [0.25, 0.3) is 0 Å². The van der Waals surface area contributed by atoms with Crippen LogP contribution in [-0.4, -0.2) is 11.2 Å². The van der Waals surface area contributed by atoms with E-state index in [4.69, 9.17) is 11.6 Å². The molecule has 1 nitrogen and oxygen atoms in total. The van der Waals surface area contributed by atoms with E-state index in [1.54, 1.807) is 0 Å². The van der Waals surface area contributed by atoms with E-state index in [-0.39, 0.29) is 10.6 Å². The number of rotatable bonds is 3. The molecule has 1 rings (SSSR count). The summed E-state index contributed by atoms with van der Waals surface area (Å²) in [5.74, 6) is -2.24. The molecule has 0 aliphatic rings. The number of hydrogen-bond donors (Lipinski definition) is 0. The number of carbonyl (C=O) groups excluding carboxylic acids is 1. The van der Waals surface area contributed by atoms with E-state index >= 15 is 0 Å². The van der Waals surface area contributed by atoms with Gasteiger partial charge in [-0.05, 0) is 29.3 Å². The highest BCUT2D eigenvalue weighted by molar-refractivity contribution is 6.32. The Morgan fingerprint density at radius 1 is 1.40 bits per heavy atom. The van der Waals surface area contributed by atoms with E-state index in [1.165, 1.54) is 12.1 Å². The van der Waals surface area contributed by atoms with E-state index in [1.807, 2.05) is 0 Å². The lowest BCUT2D eigenvalue weighted by Gasteiger charge is -2.06. The van der Waals surface area contributed by atoms with Gasteiger partial charge in [-0.25, -0.2) is 4.39 Å². The highest BCUT2D eigenvalue weighted by Gasteiger charge is 2.35. The second-order valence-electron chi connectivity index (χ2n) is 2.85. The molecule has 0 unspecified atom stereocenters. The first kappa shape index (κ1) is 12.3. The largest absolute Gasteiger partial charge is 0.380 e. The molecule has 0 radical (unpaired) electrons. The predicted molar refractivity (Wildman–Crippen MR) is 50.9 cm³/mol. The molecule has 0 N–H and O–H groups in total. The van der Waals surface area contributed by atoms with Gasteiger partial charge in [-0.3, -0.25) is 4.79 Å². The van der Waals surface area contributed by atoms with Crippen molar-refractivity contribution in [3.05, 3.63) is 34.6 Å². The molecule has 1 aromatic carbocycles. The van der Waals surface area contributed by atoms with Gasteiger partial charge >= 0.3 is 5.38 Å². The third-order valence-electron chi connectivity index (χ3n) is 1.66. The average molecular weight is 257 g/mol. The highest BCUT2D eigenvalue weighted by atomic mass is 35.5. The lowest BCUT2D eigenvalue weighted by molar-refractivity contribution is -0.132. The molecule has 6 heteroatoms. The van der Waals surface area contributed by atoms with Crippen LogP contribution in [0.1, 0.15) is 5.56 Å². The predicted octanol–water partition coefficient (Wildman–Crippen LogP) is 3.42. The van der Waals surface area contributed by atoms with Crippen LogP contribution < -0.4 is 0 Å². The van der Waals surface area contributed by atoms with Crippen molar-refractivity contribution in [2.75, 3.05) is 0 Å². The summed E-state index contributed by atoms with van der Waals surface area (Å²) in [6.45, 7) is 0. The lowest BCUT2D eigenvalue weighted by Crippen LogP contribution is -2.23. The molecule has 0 amide bonds. The summed E-state index contributed by atoms with van der Waals surface area (Å²) < 4.78 is 37.4. The first-order valence-electron chi connectivity index (χ1n) is 3.84. The van der Waals surface area contributed by atoms with Crippen molar-refractivity contribution in [3.63, 3.8) is 0 Å². The second kappa shape index (κ2) is 4.41. The van der Waals surface area contributed by atoms with Gasteiger partial charge in [-0.2, -0.15) is 8.78 Å². The van der Waals surface area contributed by atoms with Crippen molar-refractivity contribution in [2.24, 2.45) is 0 Å². The molecule has 0 aliphatic heterocycles. The fourth-order valence-electron chi connectivity index (χ4n) is 0.935. The molecule has 0 bridgehead atoms. The Hall–Kier alpha value is -0.740. The third-order valence-corrected chi connectivity index (χ3v) is 2.18. The number of ketones is 1. The van der Waals surface area contributed by atoms with Crippen molar-refractivity contribution >= 4 is 29.0 Å². The third kappa shape index (κ3) is 3.39. The zero-order valence-corrected chi connectivity index (χ0v) is 8.75. The second-order valence-corrected chi connectivity index (χ2v) is 3.73. The van der Waals surface area contributed by atoms with Crippen LogP contribution in [0.2, 0.25) is 5.02 Å². The molecule has 82 valence electrons. The van der Waals surface area contributed by atoms with E-state index in [0.29, 0.717) is 0 Å². The minimum atomic E-state index is -3.92. The number of carbonyl (C=O) groups is 1. The number of halogens is 5. The van der Waals surface area contributed by atoms with E-state index in [2.05, 4.69) is 11.6 Å². The molecule has 15 heavy (non-hydrogen) atoms. The number of Topliss-reactive ketones (excluding diaryl/α,β-unsaturated/α-hetero) is 1. The zero-order valence-electron chi connectivity index (χ0n) is 7.24. The topological polar surface area (TPSA) is 17.1 Å². The lowest BCUT2D eigenvalue weighted by atomic mass is 10.1. The van der Waals surface area contributed by atoms with Gasteiger partial charge in [-0.1, -0.05) is 17.7 Å². The molecule has 0 fully saturated rings. The van der Waals surface area contributed by atoms with Crippen molar-refractivity contribution in [3.8, 4) is 0 Å². The van der Waals surface area contributed by atoms with Crippen molar-refractivity contribution in [1.29, 1.82) is 0 Å². The Morgan fingerprint density at radius 2 is 2.00 bits per heavy atom. The number of benzene rings is 1. The first-order chi connectivity index (χ1) is 6.80. The first-order valence-corrected chi connectivity index (χ1v) is 4.60. The molecule has 0 saturated carbocycles. The van der Waals surface area contributed by atoms with Gasteiger partial charge in [0.2, 0.25) is 5.78 Å². The van der Waals surface area contributed by atoms with Gasteiger partial charge in [0.1, 0.15) is 5.82 Å². The maximum Gasteiger partial charge on any atom is 0.380 e. The van der Waals surface area contributed by atoms with E-state index in [0.717, 1.165) is 6.07 Å². The smallest absolute Gasteiger partial charge is 0.291 e. The summed E-state index contributed by atoms with van der Waals surface area (Å²) in [6.07, 6.45) is -0.634. The van der Waals surface area contributed by atoms with Gasteiger partial charge in [0.05, 0.1) is 5.02 Å². The van der Waals surface area contributed by atoms with Gasteiger partial charge < -0.3 is 0 Å². The Labute approximate surface area is 93.8 Å². The van der Waals surface area contributed by atoms with Crippen LogP contribution in [-0.2, 0) is 11.2 Å². The molecule has 0 aliphatic carbocycles. The van der Waals surface area contributed by atoms with Crippen LogP contribution in [0.5, 0.6) is 0 Å². The van der Waals surface area contributed by atoms with Crippen molar-refractivity contribution in [2.45, 2.75) is 11.8 Å². The van der Waals surface area contributed by atoms with Gasteiger partial charge in [0.25, 0.3) is 0 Å². The van der Waals surface area contributed by atoms with Crippen LogP contribution >= 0.6 is 23.2 Å². The molecular weight excluding hydrogens is 252 g/mol. The fourth-order valence-corrected chi connectivity index (χ4v) is 1.12. The van der Waals surface area contributed by atoms with E-state index in [9.17, 15) is 18.0 Å². The average Bonchev–Trinajstić information content (AvgIpc) is 2.10. The molecule has 0 spiro atoms. The highest BCUT2D eigenvalue weighted by Crippen LogP contribution is 2.23. The molecule has 0 saturated heterocycles. The SMILES string of the molecule is O=C(Cc1ccc(Cl)c(F)c1)C(F)(F)Cl. The van der Waals surface area contributed by atoms with Gasteiger partial charge in [0.15, 0.2) is 0 Å². The Bertz CT molecular complexity index is 387.